The molecule has 5 nitrogen and oxygen atoms in total. The summed E-state index contributed by atoms with van der Waals surface area (Å²) in [6, 6.07) is 13.2. The Balaban J connectivity index is 2.09. The number of rotatable bonds is 5. The zero-order valence-corrected chi connectivity index (χ0v) is 14.6. The van der Waals surface area contributed by atoms with E-state index in [1.807, 2.05) is 38.1 Å². The summed E-state index contributed by atoms with van der Waals surface area (Å²) in [5.41, 5.74) is 3.63. The number of aryl methyl sites for hydroxylation is 1. The Morgan fingerprint density at radius 1 is 1.25 bits per heavy atom. The lowest BCUT2D eigenvalue weighted by molar-refractivity contribution is 0.170. The summed E-state index contributed by atoms with van der Waals surface area (Å²) >= 11 is 6.12. The van der Waals surface area contributed by atoms with Crippen LogP contribution in [0.15, 0.2) is 47.6 Å². The van der Waals surface area contributed by atoms with Gasteiger partial charge in [0.05, 0.1) is 12.8 Å². The first-order chi connectivity index (χ1) is 11.5. The lowest BCUT2D eigenvalue weighted by Gasteiger charge is -2.08. The van der Waals surface area contributed by atoms with Crippen molar-refractivity contribution in [3.8, 4) is 5.75 Å². The summed E-state index contributed by atoms with van der Waals surface area (Å²) in [5.74, 6) is 0.535. The van der Waals surface area contributed by atoms with Gasteiger partial charge in [0, 0.05) is 11.6 Å². The van der Waals surface area contributed by atoms with Crippen LogP contribution in [0.2, 0.25) is 5.02 Å². The Kier molecular flexibility index (Phi) is 6.21. The molecule has 0 aliphatic rings. The van der Waals surface area contributed by atoms with Crippen LogP contribution < -0.4 is 10.2 Å². The van der Waals surface area contributed by atoms with Crippen LogP contribution >= 0.6 is 11.6 Å². The van der Waals surface area contributed by atoms with E-state index in [0.717, 1.165) is 16.8 Å². The number of ether oxygens (including phenoxy) is 1. The summed E-state index contributed by atoms with van der Waals surface area (Å²) in [6.45, 7) is 4.14. The number of oxime groups is 1. The molecule has 0 bridgehead atoms. The zero-order chi connectivity index (χ0) is 17.5. The quantitative estimate of drug-likeness (QED) is 0.648. The normalized spacial score (nSPS) is 11.1. The van der Waals surface area contributed by atoms with Crippen LogP contribution in [-0.2, 0) is 11.3 Å². The van der Waals surface area contributed by atoms with E-state index in [1.54, 1.807) is 18.2 Å². The first-order valence-corrected chi connectivity index (χ1v) is 7.76. The maximum absolute atomic E-state index is 11.2. The molecule has 6 heteroatoms. The molecule has 0 aliphatic heterocycles. The molecule has 1 N–H and O–H groups in total. The number of hydrogen-bond donors (Lipinski definition) is 1. The highest BCUT2D eigenvalue weighted by molar-refractivity contribution is 6.31. The lowest BCUT2D eigenvalue weighted by Crippen LogP contribution is -2.22. The van der Waals surface area contributed by atoms with Gasteiger partial charge in [0.25, 0.3) is 0 Å². The average Bonchev–Trinajstić information content (AvgIpc) is 2.59. The zero-order valence-electron chi connectivity index (χ0n) is 13.8. The molecule has 0 aliphatic carbocycles. The second kappa shape index (κ2) is 8.36. The van der Waals surface area contributed by atoms with Crippen LogP contribution in [0.3, 0.4) is 0 Å². The maximum Gasteiger partial charge on any atom is 0.407 e. The molecule has 2 rings (SSSR count). The van der Waals surface area contributed by atoms with E-state index in [9.17, 15) is 4.79 Å². The molecule has 2 aromatic rings. The molecule has 0 unspecified atom stereocenters. The topological polar surface area (TPSA) is 59.9 Å². The fourth-order valence-electron chi connectivity index (χ4n) is 2.03. The summed E-state index contributed by atoms with van der Waals surface area (Å²) < 4.78 is 4.53. The van der Waals surface area contributed by atoms with E-state index in [4.69, 9.17) is 16.4 Å². The minimum absolute atomic E-state index is 0.239. The molecule has 0 radical (unpaired) electrons. The van der Waals surface area contributed by atoms with Crippen molar-refractivity contribution in [2.45, 2.75) is 20.4 Å². The van der Waals surface area contributed by atoms with Gasteiger partial charge in [-0.2, -0.15) is 0 Å². The van der Waals surface area contributed by atoms with Crippen molar-refractivity contribution in [1.29, 1.82) is 0 Å². The van der Waals surface area contributed by atoms with E-state index in [1.165, 1.54) is 7.11 Å². The average molecular weight is 347 g/mol. The number of carbonyl (C=O) groups excluding carboxylic acids is 1. The van der Waals surface area contributed by atoms with Crippen molar-refractivity contribution in [2.24, 2.45) is 5.16 Å². The van der Waals surface area contributed by atoms with Crippen LogP contribution in [0.4, 0.5) is 4.79 Å². The van der Waals surface area contributed by atoms with Gasteiger partial charge < -0.3 is 14.9 Å². The Labute approximate surface area is 146 Å². The number of nitrogens with one attached hydrogen (secondary N) is 1. The molecule has 0 fully saturated rings. The Morgan fingerprint density at radius 2 is 2.04 bits per heavy atom. The summed E-state index contributed by atoms with van der Waals surface area (Å²) in [4.78, 5) is 16.6. The third kappa shape index (κ3) is 4.99. The number of hydrogen-bond acceptors (Lipinski definition) is 4. The molecule has 0 saturated carbocycles. The highest BCUT2D eigenvalue weighted by atomic mass is 35.5. The van der Waals surface area contributed by atoms with Gasteiger partial charge in [0.1, 0.15) is 0 Å². The van der Waals surface area contributed by atoms with E-state index >= 15 is 0 Å². The largest absolute Gasteiger partial charge is 0.453 e. The lowest BCUT2D eigenvalue weighted by atomic mass is 10.1. The fourth-order valence-corrected chi connectivity index (χ4v) is 2.21. The first-order valence-electron chi connectivity index (χ1n) is 7.38. The van der Waals surface area contributed by atoms with Crippen LogP contribution in [0, 0.1) is 6.92 Å². The Hall–Kier alpha value is -2.53. The van der Waals surface area contributed by atoms with Gasteiger partial charge in [-0.05, 0) is 43.2 Å². The van der Waals surface area contributed by atoms with Gasteiger partial charge in [-0.1, -0.05) is 46.6 Å². The second-order valence-corrected chi connectivity index (χ2v) is 5.64. The Morgan fingerprint density at radius 3 is 2.75 bits per heavy atom. The predicted molar refractivity (Wildman–Crippen MR) is 94.7 cm³/mol. The van der Waals surface area contributed by atoms with Crippen molar-refractivity contribution in [2.75, 3.05) is 7.11 Å². The molecular formula is C18H19ClN2O3. The van der Waals surface area contributed by atoms with Crippen molar-refractivity contribution in [3.63, 3.8) is 0 Å². The summed E-state index contributed by atoms with van der Waals surface area (Å²) in [6.07, 6.45) is -0.522. The third-order valence-electron chi connectivity index (χ3n) is 3.35. The van der Waals surface area contributed by atoms with Crippen LogP contribution in [0.1, 0.15) is 23.6 Å². The van der Waals surface area contributed by atoms with Crippen LogP contribution in [0.25, 0.3) is 0 Å². The molecule has 0 atom stereocenters. The SMILES string of the molecule is COC(=O)NCc1cc(O/N=C(\C)c2cccc(C)c2)ccc1Cl. The molecule has 0 saturated heterocycles. The number of carbonyl (C=O) groups is 1. The predicted octanol–water partition coefficient (Wildman–Crippen LogP) is 4.31. The van der Waals surface area contributed by atoms with Gasteiger partial charge >= 0.3 is 6.09 Å². The van der Waals surface area contributed by atoms with Gasteiger partial charge in [0.2, 0.25) is 0 Å². The summed E-state index contributed by atoms with van der Waals surface area (Å²) in [7, 11) is 1.30. The van der Waals surface area contributed by atoms with Gasteiger partial charge in [0.15, 0.2) is 5.75 Å². The fraction of sp³-hybridized carbons (Fsp3) is 0.222. The van der Waals surface area contributed by atoms with Gasteiger partial charge in [-0.3, -0.25) is 0 Å². The molecule has 1 amide bonds. The maximum atomic E-state index is 11.2. The minimum Gasteiger partial charge on any atom is -0.453 e. The molecule has 126 valence electrons. The van der Waals surface area contributed by atoms with E-state index in [-0.39, 0.29) is 6.54 Å². The number of amides is 1. The van der Waals surface area contributed by atoms with Crippen LogP contribution in [0.5, 0.6) is 5.75 Å². The van der Waals surface area contributed by atoms with Gasteiger partial charge in [-0.25, -0.2) is 4.79 Å². The highest BCUT2D eigenvalue weighted by Crippen LogP contribution is 2.22. The molecule has 2 aromatic carbocycles. The smallest absolute Gasteiger partial charge is 0.407 e. The monoisotopic (exact) mass is 346 g/mol. The number of methoxy groups -OCH3 is 1. The number of halogens is 1. The van der Waals surface area contributed by atoms with Gasteiger partial charge in [-0.15, -0.1) is 0 Å². The van der Waals surface area contributed by atoms with Crippen molar-refractivity contribution >= 4 is 23.4 Å². The minimum atomic E-state index is -0.522. The first kappa shape index (κ1) is 17.8. The Bertz CT molecular complexity index is 760. The van der Waals surface area contributed by atoms with E-state index in [0.29, 0.717) is 16.3 Å². The molecule has 0 spiro atoms. The standard InChI is InChI=1S/C18H19ClN2O3/c1-12-5-4-6-14(9-12)13(2)21-24-16-7-8-17(19)15(10-16)11-20-18(22)23-3/h4-10H,11H2,1-3H3,(H,20,22)/b21-13+. The third-order valence-corrected chi connectivity index (χ3v) is 3.72. The molecule has 0 heterocycles. The summed E-state index contributed by atoms with van der Waals surface area (Å²) in [5, 5.41) is 7.25. The number of nitrogens with zero attached hydrogens (tertiary/aromatic N) is 1. The number of alkyl carbamates (subject to hydrolysis) is 1. The van der Waals surface area contributed by atoms with Crippen molar-refractivity contribution in [1.82, 2.24) is 5.32 Å². The second-order valence-electron chi connectivity index (χ2n) is 5.24. The molecular weight excluding hydrogens is 328 g/mol. The van der Waals surface area contributed by atoms with E-state index < -0.39 is 6.09 Å². The van der Waals surface area contributed by atoms with Crippen molar-refractivity contribution < 1.29 is 14.4 Å². The highest BCUT2D eigenvalue weighted by Gasteiger charge is 2.06. The number of benzene rings is 2. The van der Waals surface area contributed by atoms with Crippen molar-refractivity contribution in [3.05, 3.63) is 64.2 Å². The van der Waals surface area contributed by atoms with Crippen LogP contribution in [-0.4, -0.2) is 18.9 Å². The molecule has 24 heavy (non-hydrogen) atoms. The van der Waals surface area contributed by atoms with E-state index in [2.05, 4.69) is 15.2 Å². The molecule has 0 aromatic heterocycles.